The number of halogens is 1. The van der Waals surface area contributed by atoms with Crippen LogP contribution in [0.2, 0.25) is 0 Å². The molecule has 2 atom stereocenters. The molecule has 1 saturated heterocycles. The second-order valence-electron chi connectivity index (χ2n) is 5.58. The zero-order chi connectivity index (χ0) is 15.4. The van der Waals surface area contributed by atoms with Gasteiger partial charge in [-0.05, 0) is 37.0 Å². The fraction of sp³-hybridized carbons (Fsp3) is 0.562. The smallest absolute Gasteiger partial charge is 0.258 e. The molecule has 1 aliphatic rings. The molecule has 1 amide bonds. The lowest BCUT2D eigenvalue weighted by atomic mass is 9.92. The molecule has 0 radical (unpaired) electrons. The van der Waals surface area contributed by atoms with Crippen molar-refractivity contribution >= 4 is 18.3 Å². The zero-order valence-electron chi connectivity index (χ0n) is 13.4. The van der Waals surface area contributed by atoms with Gasteiger partial charge in [-0.1, -0.05) is 6.92 Å². The highest BCUT2D eigenvalue weighted by Gasteiger charge is 2.31. The van der Waals surface area contributed by atoms with Crippen molar-refractivity contribution in [3.8, 4) is 11.5 Å². The van der Waals surface area contributed by atoms with Crippen LogP contribution in [0.5, 0.6) is 11.5 Å². The molecule has 2 N–H and O–H groups in total. The lowest BCUT2D eigenvalue weighted by Gasteiger charge is -2.38. The van der Waals surface area contributed by atoms with Gasteiger partial charge in [0.15, 0.2) is 0 Å². The number of benzene rings is 1. The molecule has 0 bridgehead atoms. The summed E-state index contributed by atoms with van der Waals surface area (Å²) < 4.78 is 10.5. The number of carbonyl (C=O) groups excluding carboxylic acids is 1. The van der Waals surface area contributed by atoms with Crippen LogP contribution in [0.25, 0.3) is 0 Å². The first-order valence-corrected chi connectivity index (χ1v) is 7.33. The highest BCUT2D eigenvalue weighted by Crippen LogP contribution is 2.29. The molecule has 1 aliphatic heterocycles. The van der Waals surface area contributed by atoms with E-state index in [1.165, 1.54) is 0 Å². The van der Waals surface area contributed by atoms with Gasteiger partial charge >= 0.3 is 0 Å². The first kappa shape index (κ1) is 18.6. The summed E-state index contributed by atoms with van der Waals surface area (Å²) >= 11 is 0. The van der Waals surface area contributed by atoms with Crippen molar-refractivity contribution in [2.24, 2.45) is 11.7 Å². The molecule has 2 rings (SSSR count). The normalized spacial score (nSPS) is 21.0. The SMILES string of the molecule is COc1ccc(OC)c(C(=O)N2CCC(C)CC2CN)c1.Cl. The molecule has 22 heavy (non-hydrogen) atoms. The zero-order valence-corrected chi connectivity index (χ0v) is 14.2. The standard InChI is InChI=1S/C16H24N2O3.ClH/c1-11-6-7-18(12(8-11)10-17)16(19)14-9-13(20-2)4-5-15(14)21-3;/h4-5,9,11-12H,6-8,10,17H2,1-3H3;1H. The van der Waals surface area contributed by atoms with Crippen LogP contribution in [0.1, 0.15) is 30.1 Å². The van der Waals surface area contributed by atoms with Crippen LogP contribution in [0, 0.1) is 5.92 Å². The fourth-order valence-electron chi connectivity index (χ4n) is 2.88. The van der Waals surface area contributed by atoms with E-state index >= 15 is 0 Å². The van der Waals surface area contributed by atoms with Crippen LogP contribution in [0.15, 0.2) is 18.2 Å². The van der Waals surface area contributed by atoms with Crippen molar-refractivity contribution < 1.29 is 14.3 Å². The summed E-state index contributed by atoms with van der Waals surface area (Å²) in [4.78, 5) is 14.7. The first-order valence-electron chi connectivity index (χ1n) is 7.33. The summed E-state index contributed by atoms with van der Waals surface area (Å²) in [6.45, 7) is 3.43. The monoisotopic (exact) mass is 328 g/mol. The molecular formula is C16H25ClN2O3. The van der Waals surface area contributed by atoms with Crippen LogP contribution in [0.3, 0.4) is 0 Å². The fourth-order valence-corrected chi connectivity index (χ4v) is 2.88. The Balaban J connectivity index is 0.00000242. The summed E-state index contributed by atoms with van der Waals surface area (Å²) in [5.41, 5.74) is 6.38. The van der Waals surface area contributed by atoms with Gasteiger partial charge in [0.05, 0.1) is 19.8 Å². The number of methoxy groups -OCH3 is 2. The van der Waals surface area contributed by atoms with E-state index < -0.39 is 0 Å². The van der Waals surface area contributed by atoms with Crippen molar-refractivity contribution in [3.63, 3.8) is 0 Å². The number of hydrogen-bond donors (Lipinski definition) is 1. The number of piperidine rings is 1. The molecule has 5 nitrogen and oxygen atoms in total. The number of carbonyl (C=O) groups is 1. The first-order chi connectivity index (χ1) is 10.1. The molecule has 0 aliphatic carbocycles. The topological polar surface area (TPSA) is 64.8 Å². The van der Waals surface area contributed by atoms with Gasteiger partial charge in [-0.15, -0.1) is 12.4 Å². The Hall–Kier alpha value is -1.46. The lowest BCUT2D eigenvalue weighted by Crippen LogP contribution is -2.49. The third-order valence-corrected chi connectivity index (χ3v) is 4.15. The Morgan fingerprint density at radius 3 is 2.68 bits per heavy atom. The summed E-state index contributed by atoms with van der Waals surface area (Å²) in [6, 6.07) is 5.37. The Morgan fingerprint density at radius 1 is 1.36 bits per heavy atom. The van der Waals surface area contributed by atoms with Crippen LogP contribution in [-0.4, -0.2) is 44.2 Å². The Bertz CT molecular complexity index is 510. The molecule has 124 valence electrons. The van der Waals surface area contributed by atoms with E-state index in [1.54, 1.807) is 32.4 Å². The molecule has 2 unspecified atom stereocenters. The third-order valence-electron chi connectivity index (χ3n) is 4.15. The van der Waals surface area contributed by atoms with E-state index in [0.29, 0.717) is 29.5 Å². The maximum Gasteiger partial charge on any atom is 0.258 e. The number of nitrogens with zero attached hydrogens (tertiary/aromatic N) is 1. The predicted molar refractivity (Wildman–Crippen MR) is 89.1 cm³/mol. The van der Waals surface area contributed by atoms with Crippen molar-refractivity contribution in [1.82, 2.24) is 4.90 Å². The van der Waals surface area contributed by atoms with E-state index in [0.717, 1.165) is 19.4 Å². The number of nitrogens with two attached hydrogens (primary N) is 1. The van der Waals surface area contributed by atoms with Gasteiger partial charge in [0.25, 0.3) is 5.91 Å². The molecule has 0 aromatic heterocycles. The number of rotatable bonds is 4. The van der Waals surface area contributed by atoms with Gasteiger partial charge in [0.2, 0.25) is 0 Å². The lowest BCUT2D eigenvalue weighted by molar-refractivity contribution is 0.0570. The number of amides is 1. The molecule has 0 spiro atoms. The maximum atomic E-state index is 12.9. The second kappa shape index (κ2) is 8.25. The Morgan fingerprint density at radius 2 is 2.09 bits per heavy atom. The summed E-state index contributed by atoms with van der Waals surface area (Å²) in [7, 11) is 3.15. The van der Waals surface area contributed by atoms with Gasteiger partial charge < -0.3 is 20.1 Å². The minimum atomic E-state index is -0.0342. The van der Waals surface area contributed by atoms with Crippen molar-refractivity contribution in [1.29, 1.82) is 0 Å². The van der Waals surface area contributed by atoms with E-state index in [4.69, 9.17) is 15.2 Å². The average Bonchev–Trinajstić information content (AvgIpc) is 2.53. The molecule has 1 heterocycles. The highest BCUT2D eigenvalue weighted by atomic mass is 35.5. The predicted octanol–water partition coefficient (Wildman–Crippen LogP) is 2.32. The van der Waals surface area contributed by atoms with Gasteiger partial charge in [0.1, 0.15) is 11.5 Å². The van der Waals surface area contributed by atoms with Gasteiger partial charge in [-0.25, -0.2) is 0 Å². The third kappa shape index (κ3) is 3.84. The second-order valence-corrected chi connectivity index (χ2v) is 5.58. The summed E-state index contributed by atoms with van der Waals surface area (Å²) in [5, 5.41) is 0. The van der Waals surface area contributed by atoms with E-state index in [2.05, 4.69) is 6.92 Å². The van der Waals surface area contributed by atoms with E-state index in [-0.39, 0.29) is 24.4 Å². The molecule has 1 aromatic rings. The minimum Gasteiger partial charge on any atom is -0.497 e. The highest BCUT2D eigenvalue weighted by molar-refractivity contribution is 5.97. The molecule has 0 saturated carbocycles. The summed E-state index contributed by atoms with van der Waals surface area (Å²) in [5.74, 6) is 1.78. The van der Waals surface area contributed by atoms with Gasteiger partial charge in [-0.3, -0.25) is 4.79 Å². The van der Waals surface area contributed by atoms with Crippen LogP contribution in [-0.2, 0) is 0 Å². The number of likely N-dealkylation sites (tertiary alicyclic amines) is 1. The molecule has 1 aromatic carbocycles. The average molecular weight is 329 g/mol. The minimum absolute atomic E-state index is 0. The quantitative estimate of drug-likeness (QED) is 0.921. The van der Waals surface area contributed by atoms with E-state index in [9.17, 15) is 4.79 Å². The summed E-state index contributed by atoms with van der Waals surface area (Å²) in [6.07, 6.45) is 1.96. The van der Waals surface area contributed by atoms with Crippen LogP contribution >= 0.6 is 12.4 Å². The van der Waals surface area contributed by atoms with Crippen molar-refractivity contribution in [3.05, 3.63) is 23.8 Å². The van der Waals surface area contributed by atoms with Crippen molar-refractivity contribution in [2.45, 2.75) is 25.8 Å². The van der Waals surface area contributed by atoms with Crippen molar-refractivity contribution in [2.75, 3.05) is 27.3 Å². The van der Waals surface area contributed by atoms with Crippen LogP contribution in [0.4, 0.5) is 0 Å². The Kier molecular flexibility index (Phi) is 6.97. The van der Waals surface area contributed by atoms with Crippen LogP contribution < -0.4 is 15.2 Å². The number of hydrogen-bond acceptors (Lipinski definition) is 4. The molecule has 6 heteroatoms. The van der Waals surface area contributed by atoms with Gasteiger partial charge in [-0.2, -0.15) is 0 Å². The molecular weight excluding hydrogens is 304 g/mol. The molecule has 1 fully saturated rings. The van der Waals surface area contributed by atoms with E-state index in [1.807, 2.05) is 4.90 Å². The maximum absolute atomic E-state index is 12.9. The van der Waals surface area contributed by atoms with Gasteiger partial charge in [0, 0.05) is 19.1 Å². The Labute approximate surface area is 138 Å². The largest absolute Gasteiger partial charge is 0.497 e. The number of ether oxygens (including phenoxy) is 2.